The molecule has 116 valence electrons. The van der Waals surface area contributed by atoms with Crippen LogP contribution in [-0.4, -0.2) is 38.7 Å². The number of carbonyl (C=O) groups excluding carboxylic acids is 3. The zero-order valence-corrected chi connectivity index (χ0v) is 11.0. The lowest BCUT2D eigenvalue weighted by Crippen LogP contribution is -2.29. The molecule has 7 nitrogen and oxygen atoms in total. The third-order valence-electron chi connectivity index (χ3n) is 2.60. The molecule has 0 atom stereocenters. The van der Waals surface area contributed by atoms with Crippen molar-refractivity contribution in [2.24, 2.45) is 0 Å². The molecule has 0 saturated carbocycles. The molecule has 2 heterocycles. The van der Waals surface area contributed by atoms with Crippen LogP contribution in [0.25, 0.3) is 10.9 Å². The molecule has 2 aromatic heterocycles. The second kappa shape index (κ2) is 5.54. The molecule has 10 heteroatoms. The Morgan fingerprint density at radius 1 is 1.32 bits per heavy atom. The predicted molar refractivity (Wildman–Crippen MR) is 64.7 cm³/mol. The Morgan fingerprint density at radius 3 is 2.59 bits per heavy atom. The van der Waals surface area contributed by atoms with Crippen LogP contribution in [0.5, 0.6) is 0 Å². The molecule has 2 aromatic rings. The van der Waals surface area contributed by atoms with Gasteiger partial charge in [0.25, 0.3) is 0 Å². The number of fused-ring (bicyclic) bond motifs is 1. The van der Waals surface area contributed by atoms with Gasteiger partial charge in [-0.05, 0) is 6.07 Å². The molecule has 0 fully saturated rings. The highest BCUT2D eigenvalue weighted by Gasteiger charge is 2.42. The van der Waals surface area contributed by atoms with Crippen LogP contribution in [-0.2, 0) is 20.9 Å². The second-order valence-corrected chi connectivity index (χ2v) is 4.21. The van der Waals surface area contributed by atoms with E-state index in [0.29, 0.717) is 10.9 Å². The van der Waals surface area contributed by atoms with E-state index in [-0.39, 0.29) is 5.69 Å². The summed E-state index contributed by atoms with van der Waals surface area (Å²) in [4.78, 5) is 37.2. The first-order valence-electron chi connectivity index (χ1n) is 5.83. The zero-order chi connectivity index (χ0) is 16.5. The van der Waals surface area contributed by atoms with Crippen molar-refractivity contribution in [2.75, 3.05) is 0 Å². The van der Waals surface area contributed by atoms with Gasteiger partial charge in [-0.2, -0.15) is 18.3 Å². The summed E-state index contributed by atoms with van der Waals surface area (Å²) < 4.78 is 40.7. The third kappa shape index (κ3) is 3.10. The SMILES string of the molecule is CC(=O)c1nn(CC(=O)OC(=O)C(F)(F)F)c2ccncc12. The number of hydrogen-bond donors (Lipinski definition) is 0. The number of halogens is 3. The van der Waals surface area contributed by atoms with Gasteiger partial charge in [0.15, 0.2) is 5.78 Å². The molecule has 22 heavy (non-hydrogen) atoms. The monoisotopic (exact) mass is 315 g/mol. The molecule has 0 unspecified atom stereocenters. The number of hydrogen-bond acceptors (Lipinski definition) is 6. The van der Waals surface area contributed by atoms with E-state index in [1.54, 1.807) is 0 Å². The maximum Gasteiger partial charge on any atom is 0.491 e. The van der Waals surface area contributed by atoms with Gasteiger partial charge >= 0.3 is 18.1 Å². The summed E-state index contributed by atoms with van der Waals surface area (Å²) in [6, 6.07) is 1.42. The molecular formula is C12H8F3N3O4. The number of nitrogens with zero attached hydrogens (tertiary/aromatic N) is 3. The lowest BCUT2D eigenvalue weighted by Gasteiger charge is -2.06. The molecule has 0 aliphatic rings. The minimum absolute atomic E-state index is 0.0121. The second-order valence-electron chi connectivity index (χ2n) is 4.21. The largest absolute Gasteiger partial charge is 0.491 e. The zero-order valence-electron chi connectivity index (χ0n) is 11.0. The number of ketones is 1. The van der Waals surface area contributed by atoms with E-state index in [4.69, 9.17) is 0 Å². The highest BCUT2D eigenvalue weighted by atomic mass is 19.4. The lowest BCUT2D eigenvalue weighted by atomic mass is 10.2. The summed E-state index contributed by atoms with van der Waals surface area (Å²) in [6.07, 6.45) is -2.57. The van der Waals surface area contributed by atoms with Crippen LogP contribution in [0, 0.1) is 0 Å². The first-order chi connectivity index (χ1) is 10.2. The summed E-state index contributed by atoms with van der Waals surface area (Å²) in [5, 5.41) is 4.17. The van der Waals surface area contributed by atoms with Crippen molar-refractivity contribution in [3.8, 4) is 0 Å². The minimum atomic E-state index is -5.27. The maximum atomic E-state index is 12.0. The molecule has 2 rings (SSSR count). The first-order valence-corrected chi connectivity index (χ1v) is 5.83. The summed E-state index contributed by atoms with van der Waals surface area (Å²) in [6.45, 7) is 0.486. The standard InChI is InChI=1S/C12H8F3N3O4/c1-6(19)10-7-4-16-3-2-8(7)18(17-10)5-9(20)22-11(21)12(13,14)15/h2-4H,5H2,1H3. The Hall–Kier alpha value is -2.78. The van der Waals surface area contributed by atoms with Crippen molar-refractivity contribution in [3.05, 3.63) is 24.2 Å². The number of Topliss-reactive ketones (excluding diaryl/α,β-unsaturated/α-hetero) is 1. The van der Waals surface area contributed by atoms with E-state index in [1.807, 2.05) is 0 Å². The number of rotatable bonds is 3. The van der Waals surface area contributed by atoms with E-state index in [2.05, 4.69) is 14.8 Å². The first kappa shape index (κ1) is 15.6. The smallest absolute Gasteiger partial charge is 0.385 e. The summed E-state index contributed by atoms with van der Waals surface area (Å²) in [7, 11) is 0. The Kier molecular flexibility index (Phi) is 3.93. The summed E-state index contributed by atoms with van der Waals surface area (Å²) in [5.74, 6) is -4.46. The van der Waals surface area contributed by atoms with E-state index >= 15 is 0 Å². The number of aromatic nitrogens is 3. The number of ether oxygens (including phenoxy) is 1. The fourth-order valence-electron chi connectivity index (χ4n) is 1.72. The van der Waals surface area contributed by atoms with Crippen LogP contribution in [0.4, 0.5) is 13.2 Å². The van der Waals surface area contributed by atoms with Crippen molar-refractivity contribution in [1.82, 2.24) is 14.8 Å². The van der Waals surface area contributed by atoms with Crippen LogP contribution in [0.3, 0.4) is 0 Å². The van der Waals surface area contributed by atoms with Crippen LogP contribution < -0.4 is 0 Å². The molecule has 0 spiro atoms. The lowest BCUT2D eigenvalue weighted by molar-refractivity contribution is -0.202. The minimum Gasteiger partial charge on any atom is -0.385 e. The van der Waals surface area contributed by atoms with Crippen LogP contribution in [0.2, 0.25) is 0 Å². The fraction of sp³-hybridized carbons (Fsp3) is 0.250. The van der Waals surface area contributed by atoms with Gasteiger partial charge < -0.3 is 4.74 Å². The number of pyridine rings is 1. The van der Waals surface area contributed by atoms with Crippen molar-refractivity contribution in [1.29, 1.82) is 0 Å². The Bertz CT molecular complexity index is 767. The number of esters is 2. The molecule has 0 bridgehead atoms. The maximum absolute atomic E-state index is 12.0. The highest BCUT2D eigenvalue weighted by molar-refractivity contribution is 6.04. The van der Waals surface area contributed by atoms with Gasteiger partial charge in [0, 0.05) is 24.7 Å². The predicted octanol–water partition coefficient (Wildman–Crippen LogP) is 1.27. The molecule has 0 N–H and O–H groups in total. The van der Waals surface area contributed by atoms with Gasteiger partial charge in [0.05, 0.1) is 5.52 Å². The third-order valence-corrected chi connectivity index (χ3v) is 2.60. The fourth-order valence-corrected chi connectivity index (χ4v) is 1.72. The average molecular weight is 315 g/mol. The van der Waals surface area contributed by atoms with E-state index in [1.165, 1.54) is 25.4 Å². The number of alkyl halides is 3. The summed E-state index contributed by atoms with van der Waals surface area (Å²) in [5.41, 5.74) is 0.314. The van der Waals surface area contributed by atoms with Gasteiger partial charge in [-0.15, -0.1) is 0 Å². The van der Waals surface area contributed by atoms with Crippen LogP contribution in [0.1, 0.15) is 17.4 Å². The van der Waals surface area contributed by atoms with Crippen LogP contribution >= 0.6 is 0 Å². The van der Waals surface area contributed by atoms with Gasteiger partial charge in [0.2, 0.25) is 0 Å². The quantitative estimate of drug-likeness (QED) is 0.481. The van der Waals surface area contributed by atoms with Crippen LogP contribution in [0.15, 0.2) is 18.5 Å². The Balaban J connectivity index is 2.27. The molecule has 0 radical (unpaired) electrons. The highest BCUT2D eigenvalue weighted by Crippen LogP contribution is 2.19. The van der Waals surface area contributed by atoms with E-state index in [0.717, 1.165) is 4.68 Å². The molecule has 0 amide bonds. The Labute approximate surface area is 120 Å². The van der Waals surface area contributed by atoms with E-state index in [9.17, 15) is 27.6 Å². The van der Waals surface area contributed by atoms with Gasteiger partial charge in [-0.25, -0.2) is 9.59 Å². The Morgan fingerprint density at radius 2 is 2.00 bits per heavy atom. The molecule has 0 saturated heterocycles. The average Bonchev–Trinajstić information content (AvgIpc) is 2.77. The van der Waals surface area contributed by atoms with Gasteiger partial charge in [-0.1, -0.05) is 0 Å². The van der Waals surface area contributed by atoms with Crippen molar-refractivity contribution >= 4 is 28.6 Å². The summed E-state index contributed by atoms with van der Waals surface area (Å²) >= 11 is 0. The number of carbonyl (C=O) groups is 3. The molecule has 0 aliphatic heterocycles. The normalized spacial score (nSPS) is 11.5. The molecule has 0 aliphatic carbocycles. The molecular weight excluding hydrogens is 307 g/mol. The van der Waals surface area contributed by atoms with Gasteiger partial charge in [0.1, 0.15) is 12.2 Å². The van der Waals surface area contributed by atoms with E-state index < -0.39 is 30.4 Å². The van der Waals surface area contributed by atoms with Gasteiger partial charge in [-0.3, -0.25) is 14.5 Å². The van der Waals surface area contributed by atoms with Crippen molar-refractivity contribution in [2.45, 2.75) is 19.6 Å². The molecule has 0 aromatic carbocycles. The topological polar surface area (TPSA) is 91.1 Å². The van der Waals surface area contributed by atoms with Crippen molar-refractivity contribution < 1.29 is 32.3 Å². The van der Waals surface area contributed by atoms with Crippen molar-refractivity contribution in [3.63, 3.8) is 0 Å².